The van der Waals surface area contributed by atoms with Gasteiger partial charge in [0, 0.05) is 65.8 Å². The molecule has 6 aromatic rings. The summed E-state index contributed by atoms with van der Waals surface area (Å²) in [5, 5.41) is 0. The largest absolute Gasteiger partial charge is 0.458 e. The maximum absolute atomic E-state index is 11.2. The zero-order valence-corrected chi connectivity index (χ0v) is 50.4. The van der Waals surface area contributed by atoms with Gasteiger partial charge in [0.15, 0.2) is 0 Å². The number of benzene rings is 6. The van der Waals surface area contributed by atoms with Gasteiger partial charge >= 0.3 is 53.7 Å². The molecule has 6 aromatic carbocycles. The molecule has 0 amide bonds. The van der Waals surface area contributed by atoms with Crippen molar-refractivity contribution in [3.8, 4) is 23.0 Å². The molecule has 20 nitrogen and oxygen atoms in total. The minimum atomic E-state index is -0.557. The van der Waals surface area contributed by atoms with Gasteiger partial charge in [-0.1, -0.05) is 138 Å². The van der Waals surface area contributed by atoms with Crippen LogP contribution in [0.25, 0.3) is 0 Å². The monoisotopic (exact) mass is 1250 g/mol. The number of hydrogen-bond acceptors (Lipinski definition) is 20. The highest BCUT2D eigenvalue weighted by atomic mass is 16.6. The second-order valence-electron chi connectivity index (χ2n) is 18.0. The van der Waals surface area contributed by atoms with Crippen LogP contribution in [0.2, 0.25) is 0 Å². The van der Waals surface area contributed by atoms with Gasteiger partial charge in [-0.05, 0) is 99.6 Å². The quantitative estimate of drug-likeness (QED) is 0.0223. The Morgan fingerprint density at radius 1 is 0.239 bits per heavy atom. The van der Waals surface area contributed by atoms with Crippen LogP contribution in [-0.2, 0) is 145 Å². The van der Waals surface area contributed by atoms with Crippen molar-refractivity contribution in [3.05, 3.63) is 303 Å². The molecule has 0 saturated heterocycles. The highest BCUT2D eigenvalue weighted by Gasteiger charge is 2.13. The number of para-hydroxylation sites is 2. The second-order valence-corrected chi connectivity index (χ2v) is 18.0. The van der Waals surface area contributed by atoms with Gasteiger partial charge in [0.1, 0.15) is 82.5 Å². The minimum Gasteiger partial charge on any atom is -0.458 e. The van der Waals surface area contributed by atoms with Gasteiger partial charge in [0.05, 0.1) is 0 Å². The lowest BCUT2D eigenvalue weighted by Crippen LogP contribution is -2.06. The molecule has 6 rings (SSSR count). The number of ether oxygens (including phenoxy) is 11. The van der Waals surface area contributed by atoms with Crippen LogP contribution < -0.4 is 9.47 Å². The molecule has 92 heavy (non-hydrogen) atoms. The van der Waals surface area contributed by atoms with Gasteiger partial charge in [-0.25, -0.2) is 43.2 Å². The average molecular weight is 1250 g/mol. The minimum absolute atomic E-state index is 0.0104. The van der Waals surface area contributed by atoms with Crippen molar-refractivity contribution >= 4 is 53.7 Å². The predicted octanol–water partition coefficient (Wildman–Crippen LogP) is 12.4. The van der Waals surface area contributed by atoms with Crippen LogP contribution in [0, 0.1) is 0 Å². The smallest absolute Gasteiger partial charge is 0.330 e. The summed E-state index contributed by atoms with van der Waals surface area (Å²) in [5.41, 5.74) is 6.70. The van der Waals surface area contributed by atoms with Gasteiger partial charge in [-0.3, -0.25) is 0 Å². The first-order valence-electron chi connectivity index (χ1n) is 27.4. The molecule has 0 aromatic heterocycles. The third-order valence-electron chi connectivity index (χ3n) is 11.3. The van der Waals surface area contributed by atoms with Crippen LogP contribution in [0.3, 0.4) is 0 Å². The molecule has 0 fully saturated rings. The van der Waals surface area contributed by atoms with Crippen LogP contribution in [-0.4, -0.2) is 53.7 Å². The van der Waals surface area contributed by atoms with E-state index in [0.717, 1.165) is 76.9 Å². The van der Waals surface area contributed by atoms with Gasteiger partial charge in [-0.2, -0.15) is 0 Å². The fourth-order valence-corrected chi connectivity index (χ4v) is 6.82. The van der Waals surface area contributed by atoms with E-state index in [1.165, 1.54) is 0 Å². The topological polar surface area (TPSA) is 255 Å². The lowest BCUT2D eigenvalue weighted by atomic mass is 10.1. The maximum Gasteiger partial charge on any atom is 0.330 e. The van der Waals surface area contributed by atoms with Crippen LogP contribution in [0.5, 0.6) is 23.0 Å². The Labute approximate surface area is 532 Å². The first-order valence-corrected chi connectivity index (χ1v) is 27.4. The molecular formula is C72H68O20. The van der Waals surface area contributed by atoms with E-state index in [4.69, 9.17) is 52.1 Å². The molecule has 0 atom stereocenters. The number of hydrogen-bond donors (Lipinski definition) is 0. The Bertz CT molecular complexity index is 3300. The molecule has 0 bridgehead atoms. The van der Waals surface area contributed by atoms with E-state index in [2.05, 4.69) is 59.2 Å². The lowest BCUT2D eigenvalue weighted by molar-refractivity contribution is -0.140. The number of carbonyl (C=O) groups excluding carboxylic acids is 9. The fourth-order valence-electron chi connectivity index (χ4n) is 6.82. The Morgan fingerprint density at radius 2 is 0.467 bits per heavy atom. The van der Waals surface area contributed by atoms with E-state index in [9.17, 15) is 43.2 Å². The SMILES string of the molecule is C=CC(=O)OCc1cc(COC(=O)C=C)cc(COC(=O)C=C)c1.C=CC(=O)OCc1ccc(Oc2ccc(COC(=O)C=C)cc2)cc1.C=CC(=O)OCc1cccc(COC(=O)C=C)c1.C=CC(=O)OCc1ccccc1Oc1ccccc1COC(=O)C=C. The van der Waals surface area contributed by atoms with Crippen molar-refractivity contribution in [1.82, 2.24) is 0 Å². The molecule has 0 unspecified atom stereocenters. The maximum atomic E-state index is 11.2. The molecule has 0 N–H and O–H groups in total. The molecule has 0 saturated carbocycles. The standard InChI is InChI=1S/2C20H18O5.C18H18O6.C14H14O4/c1-3-19(21)23-13-15-5-9-17(10-6-15)25-18-11-7-16(8-12-18)14-24-20(22)4-2;1-3-19(21)23-13-15-9-5-7-11-17(15)25-18-12-8-6-10-16(18)14-24-20(22)4-2;1-4-16(19)22-10-13-7-14(11-23-17(20)5-2)9-15(8-13)12-24-18(21)6-3;1-3-13(15)17-9-11-6-5-7-12(8-11)10-18-14(16)4-2/h2*3-12H,1-2,13-14H2;4-9H,1-3,10-12H2;3-8H,1-2,9-10H2. The van der Waals surface area contributed by atoms with E-state index in [-0.39, 0.29) is 59.5 Å². The third kappa shape index (κ3) is 30.4. The molecule has 0 spiro atoms. The molecule has 0 aliphatic heterocycles. The third-order valence-corrected chi connectivity index (χ3v) is 11.3. The number of carbonyl (C=O) groups is 9. The van der Waals surface area contributed by atoms with Crippen LogP contribution >= 0.6 is 0 Å². The Morgan fingerprint density at radius 3 is 0.739 bits per heavy atom. The number of rotatable bonds is 31. The van der Waals surface area contributed by atoms with Gasteiger partial charge in [-0.15, -0.1) is 0 Å². The summed E-state index contributed by atoms with van der Waals surface area (Å²) < 4.78 is 56.4. The first kappa shape index (κ1) is 74.1. The molecule has 0 heterocycles. The van der Waals surface area contributed by atoms with Crippen molar-refractivity contribution in [2.24, 2.45) is 0 Å². The Hall–Kier alpha value is -12.2. The summed E-state index contributed by atoms with van der Waals surface area (Å²) in [5.74, 6) is -2.15. The zero-order valence-electron chi connectivity index (χ0n) is 50.4. The van der Waals surface area contributed by atoms with Crippen LogP contribution in [0.1, 0.15) is 50.1 Å². The van der Waals surface area contributed by atoms with Gasteiger partial charge < -0.3 is 52.1 Å². The molecule has 476 valence electrons. The summed E-state index contributed by atoms with van der Waals surface area (Å²) in [4.78, 5) is 99.8. The molecule has 0 radical (unpaired) electrons. The van der Waals surface area contributed by atoms with Gasteiger partial charge in [0.25, 0.3) is 0 Å². The molecule has 0 aliphatic rings. The zero-order chi connectivity index (χ0) is 67.5. The fraction of sp³-hybridized carbons (Fsp3) is 0.125. The van der Waals surface area contributed by atoms with E-state index >= 15 is 0 Å². The van der Waals surface area contributed by atoms with Crippen molar-refractivity contribution in [1.29, 1.82) is 0 Å². The second kappa shape index (κ2) is 42.6. The summed E-state index contributed by atoms with van der Waals surface area (Å²) >= 11 is 0. The van der Waals surface area contributed by atoms with Crippen molar-refractivity contribution < 1.29 is 95.3 Å². The van der Waals surface area contributed by atoms with E-state index in [0.29, 0.717) is 50.8 Å². The number of esters is 9. The van der Waals surface area contributed by atoms with Gasteiger partial charge in [0.2, 0.25) is 0 Å². The van der Waals surface area contributed by atoms with E-state index < -0.39 is 53.7 Å². The predicted molar refractivity (Wildman–Crippen MR) is 339 cm³/mol. The lowest BCUT2D eigenvalue weighted by Gasteiger charge is -2.14. The van der Waals surface area contributed by atoms with Crippen molar-refractivity contribution in [2.45, 2.75) is 59.5 Å². The van der Waals surface area contributed by atoms with E-state index in [1.807, 2.05) is 60.7 Å². The van der Waals surface area contributed by atoms with E-state index in [1.54, 1.807) is 78.9 Å². The average Bonchev–Trinajstić information content (AvgIpc) is 2.83. The Kier molecular flexibility index (Phi) is 34.3. The summed E-state index contributed by atoms with van der Waals surface area (Å²) in [6.45, 7) is 30.8. The molecule has 20 heteroatoms. The van der Waals surface area contributed by atoms with Crippen molar-refractivity contribution in [2.75, 3.05) is 0 Å². The van der Waals surface area contributed by atoms with Crippen molar-refractivity contribution in [3.63, 3.8) is 0 Å². The van der Waals surface area contributed by atoms with Crippen LogP contribution in [0.15, 0.2) is 253 Å². The summed E-state index contributed by atoms with van der Waals surface area (Å²) in [6, 6.07) is 41.2. The summed E-state index contributed by atoms with van der Waals surface area (Å²) in [6.07, 6.45) is 9.84. The van der Waals surface area contributed by atoms with Crippen LogP contribution in [0.4, 0.5) is 0 Å². The molecule has 0 aliphatic carbocycles. The molecular weight excluding hydrogens is 1180 g/mol. The summed E-state index contributed by atoms with van der Waals surface area (Å²) in [7, 11) is 0. The first-order chi connectivity index (χ1) is 44.4. The highest BCUT2D eigenvalue weighted by Crippen LogP contribution is 2.29. The Balaban J connectivity index is 0.000000322. The normalized spacial score (nSPS) is 9.61. The highest BCUT2D eigenvalue weighted by molar-refractivity contribution is 5.84.